The second-order valence-corrected chi connectivity index (χ2v) is 4.13. The molecule has 0 saturated heterocycles. The van der Waals surface area contributed by atoms with Gasteiger partial charge in [0.25, 0.3) is 0 Å². The molecule has 2 rings (SSSR count). The molecule has 2 aromatic carbocycles. The van der Waals surface area contributed by atoms with Crippen LogP contribution in [-0.4, -0.2) is 12.9 Å². The van der Waals surface area contributed by atoms with E-state index >= 15 is 0 Å². The zero-order valence-corrected chi connectivity index (χ0v) is 10.4. The van der Waals surface area contributed by atoms with Crippen LogP contribution in [0.5, 0.6) is 5.75 Å². The van der Waals surface area contributed by atoms with Crippen molar-refractivity contribution in [3.8, 4) is 5.75 Å². The zero-order chi connectivity index (χ0) is 13.1. The number of carbonyl (C=O) groups is 1. The summed E-state index contributed by atoms with van der Waals surface area (Å²) in [7, 11) is 1.60. The number of nitrogen functional groups attached to an aromatic ring is 1. The molecule has 0 aromatic heterocycles. The molecule has 0 spiro atoms. The lowest BCUT2D eigenvalue weighted by Crippen LogP contribution is -2.02. The lowest BCUT2D eigenvalue weighted by molar-refractivity contribution is 0.103. The first kappa shape index (κ1) is 12.2. The third kappa shape index (κ3) is 2.35. The lowest BCUT2D eigenvalue weighted by Gasteiger charge is -2.05. The Hall–Kier alpha value is -2.29. The van der Waals surface area contributed by atoms with Gasteiger partial charge in [-0.25, -0.2) is 0 Å². The summed E-state index contributed by atoms with van der Waals surface area (Å²) in [6.07, 6.45) is 0. The topological polar surface area (TPSA) is 52.3 Å². The first-order valence-corrected chi connectivity index (χ1v) is 5.66. The van der Waals surface area contributed by atoms with Crippen LogP contribution in [0.1, 0.15) is 21.5 Å². The molecule has 0 atom stereocenters. The van der Waals surface area contributed by atoms with Crippen LogP contribution in [0.25, 0.3) is 0 Å². The minimum Gasteiger partial charge on any atom is -0.497 e. The molecule has 2 N–H and O–H groups in total. The van der Waals surface area contributed by atoms with E-state index in [0.717, 1.165) is 11.3 Å². The Morgan fingerprint density at radius 2 is 1.67 bits per heavy atom. The molecule has 0 aliphatic carbocycles. The van der Waals surface area contributed by atoms with Gasteiger partial charge in [-0.1, -0.05) is 0 Å². The normalized spacial score (nSPS) is 10.1. The van der Waals surface area contributed by atoms with Crippen LogP contribution in [0, 0.1) is 6.92 Å². The van der Waals surface area contributed by atoms with Gasteiger partial charge in [0.05, 0.1) is 7.11 Å². The number of anilines is 1. The predicted octanol–water partition coefficient (Wildman–Crippen LogP) is 2.82. The maximum atomic E-state index is 12.2. The molecule has 0 unspecified atom stereocenters. The van der Waals surface area contributed by atoms with E-state index in [0.29, 0.717) is 16.8 Å². The molecule has 18 heavy (non-hydrogen) atoms. The third-order valence-corrected chi connectivity index (χ3v) is 2.88. The Morgan fingerprint density at radius 1 is 1.06 bits per heavy atom. The summed E-state index contributed by atoms with van der Waals surface area (Å²) in [5.41, 5.74) is 8.63. The number of benzene rings is 2. The van der Waals surface area contributed by atoms with E-state index in [9.17, 15) is 4.79 Å². The summed E-state index contributed by atoms with van der Waals surface area (Å²) >= 11 is 0. The van der Waals surface area contributed by atoms with Crippen molar-refractivity contribution in [2.75, 3.05) is 12.8 Å². The molecule has 0 aliphatic rings. The fraction of sp³-hybridized carbons (Fsp3) is 0.133. The van der Waals surface area contributed by atoms with Crippen LogP contribution in [0.2, 0.25) is 0 Å². The van der Waals surface area contributed by atoms with E-state index < -0.39 is 0 Å². The first-order valence-electron chi connectivity index (χ1n) is 5.66. The summed E-state index contributed by atoms with van der Waals surface area (Å²) < 4.78 is 5.06. The van der Waals surface area contributed by atoms with Crippen molar-refractivity contribution in [1.82, 2.24) is 0 Å². The molecule has 0 fully saturated rings. The summed E-state index contributed by atoms with van der Waals surface area (Å²) in [4.78, 5) is 12.2. The van der Waals surface area contributed by atoms with Gasteiger partial charge in [-0.05, 0) is 55.0 Å². The molecule has 0 bridgehead atoms. The number of ether oxygens (including phenoxy) is 1. The second kappa shape index (κ2) is 4.92. The fourth-order valence-corrected chi connectivity index (χ4v) is 1.73. The molecule has 0 aliphatic heterocycles. The third-order valence-electron chi connectivity index (χ3n) is 2.88. The number of aryl methyl sites for hydroxylation is 1. The average Bonchev–Trinajstić information content (AvgIpc) is 2.41. The molecule has 2 aromatic rings. The monoisotopic (exact) mass is 241 g/mol. The van der Waals surface area contributed by atoms with Gasteiger partial charge < -0.3 is 10.5 Å². The summed E-state index contributed by atoms with van der Waals surface area (Å²) in [5.74, 6) is 0.723. The van der Waals surface area contributed by atoms with E-state index in [1.165, 1.54) is 0 Å². The van der Waals surface area contributed by atoms with Gasteiger partial charge in [0.15, 0.2) is 5.78 Å². The zero-order valence-electron chi connectivity index (χ0n) is 10.4. The van der Waals surface area contributed by atoms with E-state index in [4.69, 9.17) is 10.5 Å². The summed E-state index contributed by atoms with van der Waals surface area (Å²) in [5, 5.41) is 0. The van der Waals surface area contributed by atoms with E-state index in [2.05, 4.69) is 0 Å². The Balaban J connectivity index is 2.32. The van der Waals surface area contributed by atoms with Gasteiger partial charge in [-0.2, -0.15) is 0 Å². The van der Waals surface area contributed by atoms with Gasteiger partial charge in [0.1, 0.15) is 5.75 Å². The summed E-state index contributed by atoms with van der Waals surface area (Å²) in [6, 6.07) is 12.4. The maximum absolute atomic E-state index is 12.2. The Kier molecular flexibility index (Phi) is 3.33. The number of methoxy groups -OCH3 is 1. The van der Waals surface area contributed by atoms with Crippen LogP contribution in [0.3, 0.4) is 0 Å². The minimum absolute atomic E-state index is 0.0132. The molecule has 0 radical (unpaired) electrons. The molecular weight excluding hydrogens is 226 g/mol. The van der Waals surface area contributed by atoms with Crippen LogP contribution < -0.4 is 10.5 Å². The minimum atomic E-state index is -0.0132. The highest BCUT2D eigenvalue weighted by Gasteiger charge is 2.09. The standard InChI is InChI=1S/C15H15NO2/c1-10-9-12(5-8-14(10)16)15(17)11-3-6-13(18-2)7-4-11/h3-9H,16H2,1-2H3. The van der Waals surface area contributed by atoms with Gasteiger partial charge in [-0.15, -0.1) is 0 Å². The van der Waals surface area contributed by atoms with Crippen molar-refractivity contribution in [3.63, 3.8) is 0 Å². The van der Waals surface area contributed by atoms with Crippen molar-refractivity contribution in [2.45, 2.75) is 6.92 Å². The van der Waals surface area contributed by atoms with Crippen LogP contribution >= 0.6 is 0 Å². The second-order valence-electron chi connectivity index (χ2n) is 4.13. The molecule has 3 heteroatoms. The SMILES string of the molecule is COc1ccc(C(=O)c2ccc(N)c(C)c2)cc1. The Morgan fingerprint density at radius 3 is 2.22 bits per heavy atom. The smallest absolute Gasteiger partial charge is 0.193 e. The van der Waals surface area contributed by atoms with E-state index in [1.54, 1.807) is 43.5 Å². The number of rotatable bonds is 3. The number of ketones is 1. The number of nitrogens with two attached hydrogens (primary N) is 1. The highest BCUT2D eigenvalue weighted by molar-refractivity contribution is 6.09. The van der Waals surface area contributed by atoms with Crippen molar-refractivity contribution in [2.24, 2.45) is 0 Å². The number of hydrogen-bond donors (Lipinski definition) is 1. The van der Waals surface area contributed by atoms with Gasteiger partial charge in [-0.3, -0.25) is 4.79 Å². The Labute approximate surface area is 106 Å². The van der Waals surface area contributed by atoms with Gasteiger partial charge in [0, 0.05) is 16.8 Å². The average molecular weight is 241 g/mol. The van der Waals surface area contributed by atoms with Crippen LogP contribution in [0.15, 0.2) is 42.5 Å². The van der Waals surface area contributed by atoms with Crippen molar-refractivity contribution < 1.29 is 9.53 Å². The quantitative estimate of drug-likeness (QED) is 0.664. The lowest BCUT2D eigenvalue weighted by atomic mass is 10.0. The Bertz CT molecular complexity index is 574. The largest absolute Gasteiger partial charge is 0.497 e. The molecule has 0 amide bonds. The molecule has 92 valence electrons. The number of hydrogen-bond acceptors (Lipinski definition) is 3. The van der Waals surface area contributed by atoms with E-state index in [1.807, 2.05) is 13.0 Å². The molecular formula is C15H15NO2. The first-order chi connectivity index (χ1) is 8.61. The highest BCUT2D eigenvalue weighted by atomic mass is 16.5. The van der Waals surface area contributed by atoms with Crippen LogP contribution in [-0.2, 0) is 0 Å². The maximum Gasteiger partial charge on any atom is 0.193 e. The van der Waals surface area contributed by atoms with Crippen molar-refractivity contribution in [1.29, 1.82) is 0 Å². The summed E-state index contributed by atoms with van der Waals surface area (Å²) in [6.45, 7) is 1.89. The van der Waals surface area contributed by atoms with Crippen LogP contribution in [0.4, 0.5) is 5.69 Å². The van der Waals surface area contributed by atoms with Gasteiger partial charge in [0.2, 0.25) is 0 Å². The van der Waals surface area contributed by atoms with Gasteiger partial charge >= 0.3 is 0 Å². The van der Waals surface area contributed by atoms with Crippen molar-refractivity contribution in [3.05, 3.63) is 59.2 Å². The fourth-order valence-electron chi connectivity index (χ4n) is 1.73. The predicted molar refractivity (Wildman–Crippen MR) is 72.0 cm³/mol. The number of carbonyl (C=O) groups excluding carboxylic acids is 1. The molecule has 0 saturated carbocycles. The molecule has 0 heterocycles. The van der Waals surface area contributed by atoms with E-state index in [-0.39, 0.29) is 5.78 Å². The van der Waals surface area contributed by atoms with Crippen molar-refractivity contribution >= 4 is 11.5 Å². The molecule has 3 nitrogen and oxygen atoms in total. The highest BCUT2D eigenvalue weighted by Crippen LogP contribution is 2.18.